The fraction of sp³-hybridized carbons (Fsp3) is 0.550. The zero-order valence-electron chi connectivity index (χ0n) is 15.9. The molecule has 0 saturated carbocycles. The maximum atomic E-state index is 14.0. The van der Waals surface area contributed by atoms with E-state index in [1.54, 1.807) is 11.0 Å². The highest BCUT2D eigenvalue weighted by atomic mass is 19.1. The largest absolute Gasteiger partial charge is 0.341 e. The number of rotatable bonds is 6. The van der Waals surface area contributed by atoms with E-state index >= 15 is 0 Å². The topological polar surface area (TPSA) is 85.2 Å². The van der Waals surface area contributed by atoms with Gasteiger partial charge < -0.3 is 15.5 Å². The van der Waals surface area contributed by atoms with Gasteiger partial charge in [0.05, 0.1) is 6.07 Å². The van der Waals surface area contributed by atoms with Gasteiger partial charge in [-0.1, -0.05) is 30.3 Å². The Labute approximate surface area is 159 Å². The maximum Gasteiger partial charge on any atom is 0.318 e. The van der Waals surface area contributed by atoms with Crippen molar-refractivity contribution in [3.8, 4) is 6.07 Å². The number of hydrogen-bond acceptors (Lipinski definition) is 3. The number of alkyl halides is 1. The Morgan fingerprint density at radius 3 is 2.48 bits per heavy atom. The lowest BCUT2D eigenvalue weighted by Crippen LogP contribution is -2.54. The van der Waals surface area contributed by atoms with E-state index in [2.05, 4.69) is 22.8 Å². The van der Waals surface area contributed by atoms with Crippen molar-refractivity contribution in [3.05, 3.63) is 35.9 Å². The summed E-state index contributed by atoms with van der Waals surface area (Å²) in [4.78, 5) is 26.4. The predicted octanol–water partition coefficient (Wildman–Crippen LogP) is 2.72. The van der Waals surface area contributed by atoms with Gasteiger partial charge in [-0.05, 0) is 38.2 Å². The first-order valence-electron chi connectivity index (χ1n) is 9.24. The van der Waals surface area contributed by atoms with Crippen molar-refractivity contribution in [1.29, 1.82) is 5.26 Å². The van der Waals surface area contributed by atoms with Crippen molar-refractivity contribution in [1.82, 2.24) is 15.5 Å². The van der Waals surface area contributed by atoms with Crippen molar-refractivity contribution in [2.75, 3.05) is 19.6 Å². The molecule has 1 unspecified atom stereocenters. The van der Waals surface area contributed by atoms with Gasteiger partial charge in [0, 0.05) is 19.5 Å². The molecular weight excluding hydrogens is 347 g/mol. The molecule has 1 heterocycles. The number of piperidine rings is 1. The van der Waals surface area contributed by atoms with Crippen molar-refractivity contribution < 1.29 is 14.0 Å². The molecule has 1 aromatic rings. The Hall–Kier alpha value is -2.62. The Bertz CT molecular complexity index is 673. The Kier molecular flexibility index (Phi) is 7.17. The van der Waals surface area contributed by atoms with E-state index in [0.717, 1.165) is 12.8 Å². The van der Waals surface area contributed by atoms with Crippen LogP contribution in [0.4, 0.5) is 9.18 Å². The summed E-state index contributed by atoms with van der Waals surface area (Å²) in [6.45, 7) is 3.69. The molecule has 0 aliphatic carbocycles. The molecule has 0 bridgehead atoms. The molecule has 1 aliphatic heterocycles. The minimum Gasteiger partial charge on any atom is -0.341 e. The zero-order valence-corrected chi connectivity index (χ0v) is 15.9. The molecule has 0 radical (unpaired) electrons. The minimum atomic E-state index is -1.62. The van der Waals surface area contributed by atoms with Gasteiger partial charge in [-0.2, -0.15) is 5.26 Å². The molecule has 2 rings (SSSR count). The summed E-state index contributed by atoms with van der Waals surface area (Å²) in [5, 5.41) is 13.6. The first-order chi connectivity index (χ1) is 12.8. The number of carbonyl (C=O) groups excluding carboxylic acids is 2. The third-order valence-corrected chi connectivity index (χ3v) is 4.70. The molecular formula is C20H27FN4O2. The van der Waals surface area contributed by atoms with Crippen LogP contribution >= 0.6 is 0 Å². The first kappa shape index (κ1) is 20.7. The smallest absolute Gasteiger partial charge is 0.318 e. The molecule has 0 spiro atoms. The quantitative estimate of drug-likeness (QED) is 0.751. The van der Waals surface area contributed by atoms with E-state index in [4.69, 9.17) is 5.26 Å². The number of likely N-dealkylation sites (tertiary alicyclic amines) is 1. The fourth-order valence-electron chi connectivity index (χ4n) is 3.33. The summed E-state index contributed by atoms with van der Waals surface area (Å²) in [5.41, 5.74) is -0.354. The number of hydrogen-bond donors (Lipinski definition) is 2. The third kappa shape index (κ3) is 6.55. The molecule has 1 atom stereocenters. The van der Waals surface area contributed by atoms with Crippen molar-refractivity contribution in [3.63, 3.8) is 0 Å². The van der Waals surface area contributed by atoms with E-state index in [9.17, 15) is 14.0 Å². The average molecular weight is 374 g/mol. The normalized spacial score (nSPS) is 16.3. The molecule has 146 valence electrons. The summed E-state index contributed by atoms with van der Waals surface area (Å²) < 4.78 is 14.0. The van der Waals surface area contributed by atoms with Crippen LogP contribution in [0, 0.1) is 11.3 Å². The van der Waals surface area contributed by atoms with Gasteiger partial charge in [0.1, 0.15) is 18.3 Å². The average Bonchev–Trinajstić information content (AvgIpc) is 2.65. The van der Waals surface area contributed by atoms with Crippen molar-refractivity contribution in [2.24, 2.45) is 0 Å². The molecule has 2 N–H and O–H groups in total. The number of halogens is 1. The maximum absolute atomic E-state index is 14.0. The highest BCUT2D eigenvalue weighted by Crippen LogP contribution is 2.27. The Balaban J connectivity index is 1.93. The van der Waals surface area contributed by atoms with Crippen LogP contribution in [0.15, 0.2) is 30.3 Å². The van der Waals surface area contributed by atoms with Gasteiger partial charge in [-0.3, -0.25) is 4.79 Å². The highest BCUT2D eigenvalue weighted by Gasteiger charge is 2.31. The van der Waals surface area contributed by atoms with E-state index < -0.39 is 17.6 Å². The van der Waals surface area contributed by atoms with Crippen LogP contribution in [0.5, 0.6) is 0 Å². The van der Waals surface area contributed by atoms with E-state index in [1.807, 2.05) is 18.2 Å². The molecule has 0 aromatic heterocycles. The SMILES string of the molecule is CC(C)(F)CC(NC(=O)N1CCC(c2ccccc2)CC1)C(=O)NCC#N. The first-order valence-corrected chi connectivity index (χ1v) is 9.24. The van der Waals surface area contributed by atoms with Crippen LogP contribution in [0.1, 0.15) is 44.6 Å². The lowest BCUT2D eigenvalue weighted by atomic mass is 9.89. The van der Waals surface area contributed by atoms with Crippen LogP contribution in [-0.4, -0.2) is 48.2 Å². The zero-order chi connectivity index (χ0) is 19.9. The molecule has 7 heteroatoms. The van der Waals surface area contributed by atoms with Gasteiger partial charge in [-0.15, -0.1) is 0 Å². The van der Waals surface area contributed by atoms with Crippen LogP contribution in [0.2, 0.25) is 0 Å². The van der Waals surface area contributed by atoms with Crippen LogP contribution in [0.3, 0.4) is 0 Å². The molecule has 6 nitrogen and oxygen atoms in total. The second kappa shape index (κ2) is 9.36. The van der Waals surface area contributed by atoms with Crippen LogP contribution < -0.4 is 10.6 Å². The minimum absolute atomic E-state index is 0.156. The predicted molar refractivity (Wildman–Crippen MR) is 101 cm³/mol. The van der Waals surface area contributed by atoms with Gasteiger partial charge in [-0.25, -0.2) is 9.18 Å². The number of urea groups is 1. The Morgan fingerprint density at radius 2 is 1.93 bits per heavy atom. The van der Waals surface area contributed by atoms with E-state index in [1.165, 1.54) is 19.4 Å². The van der Waals surface area contributed by atoms with E-state index in [-0.39, 0.29) is 19.0 Å². The highest BCUT2D eigenvalue weighted by molar-refractivity contribution is 5.87. The van der Waals surface area contributed by atoms with Gasteiger partial charge >= 0.3 is 6.03 Å². The van der Waals surface area contributed by atoms with Crippen molar-refractivity contribution in [2.45, 2.75) is 50.7 Å². The summed E-state index contributed by atoms with van der Waals surface area (Å²) in [5.74, 6) is -0.135. The lowest BCUT2D eigenvalue weighted by molar-refractivity contribution is -0.123. The van der Waals surface area contributed by atoms with E-state index in [0.29, 0.717) is 19.0 Å². The van der Waals surface area contributed by atoms with Crippen molar-refractivity contribution >= 4 is 11.9 Å². The van der Waals surface area contributed by atoms with Crippen LogP contribution in [-0.2, 0) is 4.79 Å². The molecule has 1 aromatic carbocycles. The number of amides is 3. The number of benzene rings is 1. The molecule has 1 saturated heterocycles. The monoisotopic (exact) mass is 374 g/mol. The fourth-order valence-corrected chi connectivity index (χ4v) is 3.33. The van der Waals surface area contributed by atoms with Gasteiger partial charge in [0.15, 0.2) is 0 Å². The van der Waals surface area contributed by atoms with Gasteiger partial charge in [0.25, 0.3) is 0 Å². The number of nitriles is 1. The molecule has 1 aliphatic rings. The van der Waals surface area contributed by atoms with Crippen LogP contribution in [0.25, 0.3) is 0 Å². The second-order valence-corrected chi connectivity index (χ2v) is 7.47. The summed E-state index contributed by atoms with van der Waals surface area (Å²) >= 11 is 0. The Morgan fingerprint density at radius 1 is 1.30 bits per heavy atom. The summed E-state index contributed by atoms with van der Waals surface area (Å²) in [7, 11) is 0. The molecule has 27 heavy (non-hydrogen) atoms. The lowest BCUT2D eigenvalue weighted by Gasteiger charge is -2.33. The second-order valence-electron chi connectivity index (χ2n) is 7.47. The standard InChI is InChI=1S/C20H27FN4O2/c1-20(2,21)14-17(18(26)23-11-10-22)24-19(27)25-12-8-16(9-13-25)15-6-4-3-5-7-15/h3-7,16-17H,8-9,11-14H2,1-2H3,(H,23,26)(H,24,27). The third-order valence-electron chi connectivity index (χ3n) is 4.70. The molecule has 1 fully saturated rings. The number of nitrogens with one attached hydrogen (secondary N) is 2. The number of nitrogens with zero attached hydrogens (tertiary/aromatic N) is 2. The summed E-state index contributed by atoms with van der Waals surface area (Å²) in [6.07, 6.45) is 1.53. The van der Waals surface area contributed by atoms with Gasteiger partial charge in [0.2, 0.25) is 5.91 Å². The summed E-state index contributed by atoms with van der Waals surface area (Å²) in [6, 6.07) is 10.6. The number of carbonyl (C=O) groups is 2. The molecule has 3 amide bonds.